The second kappa shape index (κ2) is 7.11. The Bertz CT molecular complexity index is 534. The molecule has 0 radical (unpaired) electrons. The monoisotopic (exact) mass is 275 g/mol. The van der Waals surface area contributed by atoms with Crippen molar-refractivity contribution >= 4 is 17.6 Å². The van der Waals surface area contributed by atoms with Crippen LogP contribution in [0.4, 0.5) is 5.82 Å². The molecule has 2 aromatic rings. The largest absolute Gasteiger partial charge is 0.380 e. The predicted octanol–water partition coefficient (Wildman–Crippen LogP) is 2.96. The standard InChI is InChI=1S/C14H17N3OS/c1-18-9-12-5-3-4-11(6-12)8-15-13-7-14(19-2)17-10-16-13/h3-7,10H,8-9H2,1-2H3,(H,15,16,17). The van der Waals surface area contributed by atoms with Gasteiger partial charge in [0.25, 0.3) is 0 Å². The Kier molecular flexibility index (Phi) is 5.18. The highest BCUT2D eigenvalue weighted by Gasteiger charge is 1.99. The van der Waals surface area contributed by atoms with Crippen molar-refractivity contribution in [2.24, 2.45) is 0 Å². The third-order valence-corrected chi connectivity index (χ3v) is 3.27. The lowest BCUT2D eigenvalue weighted by Gasteiger charge is -2.08. The predicted molar refractivity (Wildman–Crippen MR) is 78.3 cm³/mol. The molecule has 0 saturated heterocycles. The van der Waals surface area contributed by atoms with Gasteiger partial charge in [0.15, 0.2) is 0 Å². The molecular formula is C14H17N3OS. The number of nitrogens with zero attached hydrogens (tertiary/aromatic N) is 2. The quantitative estimate of drug-likeness (QED) is 0.649. The molecule has 5 heteroatoms. The number of thioether (sulfide) groups is 1. The molecule has 1 heterocycles. The first kappa shape index (κ1) is 13.8. The van der Waals surface area contributed by atoms with E-state index in [2.05, 4.69) is 33.5 Å². The van der Waals surface area contributed by atoms with Crippen LogP contribution in [0, 0.1) is 0 Å². The smallest absolute Gasteiger partial charge is 0.130 e. The second-order valence-electron chi connectivity index (χ2n) is 4.05. The van der Waals surface area contributed by atoms with E-state index in [1.807, 2.05) is 18.4 Å². The Balaban J connectivity index is 1.99. The first-order chi connectivity index (χ1) is 9.31. The summed E-state index contributed by atoms with van der Waals surface area (Å²) >= 11 is 1.61. The zero-order valence-electron chi connectivity index (χ0n) is 11.1. The van der Waals surface area contributed by atoms with E-state index in [1.54, 1.807) is 25.2 Å². The fourth-order valence-corrected chi connectivity index (χ4v) is 2.12. The Morgan fingerprint density at radius 2 is 2.05 bits per heavy atom. The Morgan fingerprint density at radius 1 is 1.21 bits per heavy atom. The molecule has 1 N–H and O–H groups in total. The number of rotatable bonds is 6. The molecule has 0 fully saturated rings. The van der Waals surface area contributed by atoms with E-state index in [-0.39, 0.29) is 0 Å². The van der Waals surface area contributed by atoms with Gasteiger partial charge in [0.1, 0.15) is 17.2 Å². The summed E-state index contributed by atoms with van der Waals surface area (Å²) in [6, 6.07) is 10.3. The van der Waals surface area contributed by atoms with Crippen molar-refractivity contribution in [1.82, 2.24) is 9.97 Å². The number of hydrogen-bond acceptors (Lipinski definition) is 5. The zero-order valence-corrected chi connectivity index (χ0v) is 11.9. The van der Waals surface area contributed by atoms with Gasteiger partial charge < -0.3 is 10.1 Å². The summed E-state index contributed by atoms with van der Waals surface area (Å²) in [4.78, 5) is 8.35. The Hall–Kier alpha value is -1.59. The molecule has 0 aliphatic rings. The maximum Gasteiger partial charge on any atom is 0.130 e. The van der Waals surface area contributed by atoms with Crippen molar-refractivity contribution in [2.45, 2.75) is 18.2 Å². The minimum absolute atomic E-state index is 0.637. The molecule has 2 rings (SSSR count). The second-order valence-corrected chi connectivity index (χ2v) is 4.88. The molecule has 1 aromatic carbocycles. The molecule has 0 unspecified atom stereocenters. The summed E-state index contributed by atoms with van der Waals surface area (Å²) in [5.74, 6) is 0.844. The van der Waals surface area contributed by atoms with Gasteiger partial charge in [-0.15, -0.1) is 11.8 Å². The summed E-state index contributed by atoms with van der Waals surface area (Å²) < 4.78 is 5.13. The van der Waals surface area contributed by atoms with Crippen LogP contribution in [0.3, 0.4) is 0 Å². The van der Waals surface area contributed by atoms with Crippen LogP contribution >= 0.6 is 11.8 Å². The van der Waals surface area contributed by atoms with Crippen LogP contribution in [0.25, 0.3) is 0 Å². The summed E-state index contributed by atoms with van der Waals surface area (Å²) in [6.07, 6.45) is 3.58. The number of ether oxygens (including phenoxy) is 1. The number of aromatic nitrogens is 2. The molecule has 4 nitrogen and oxygen atoms in total. The molecule has 0 aliphatic heterocycles. The van der Waals surface area contributed by atoms with E-state index >= 15 is 0 Å². The highest BCUT2D eigenvalue weighted by molar-refractivity contribution is 7.98. The Labute approximate surface area is 117 Å². The van der Waals surface area contributed by atoms with Gasteiger partial charge in [-0.05, 0) is 17.4 Å². The van der Waals surface area contributed by atoms with Crippen LogP contribution in [-0.4, -0.2) is 23.3 Å². The van der Waals surface area contributed by atoms with Crippen molar-refractivity contribution in [2.75, 3.05) is 18.7 Å². The molecule has 100 valence electrons. The SMILES string of the molecule is COCc1cccc(CNc2cc(SC)ncn2)c1. The number of hydrogen-bond donors (Lipinski definition) is 1. The van der Waals surface area contributed by atoms with Crippen LogP contribution in [0.1, 0.15) is 11.1 Å². The van der Waals surface area contributed by atoms with Gasteiger partial charge in [-0.25, -0.2) is 9.97 Å². The first-order valence-electron chi connectivity index (χ1n) is 5.98. The highest BCUT2D eigenvalue weighted by atomic mass is 32.2. The van der Waals surface area contributed by atoms with E-state index in [4.69, 9.17) is 4.74 Å². The van der Waals surface area contributed by atoms with Crippen molar-refractivity contribution in [3.8, 4) is 0 Å². The average molecular weight is 275 g/mol. The van der Waals surface area contributed by atoms with E-state index in [0.29, 0.717) is 6.61 Å². The van der Waals surface area contributed by atoms with Crippen molar-refractivity contribution in [3.63, 3.8) is 0 Å². The third-order valence-electron chi connectivity index (χ3n) is 2.63. The molecule has 19 heavy (non-hydrogen) atoms. The van der Waals surface area contributed by atoms with E-state index in [9.17, 15) is 0 Å². The van der Waals surface area contributed by atoms with Gasteiger partial charge in [0.2, 0.25) is 0 Å². The molecule has 0 bridgehead atoms. The fraction of sp³-hybridized carbons (Fsp3) is 0.286. The average Bonchev–Trinajstić information content (AvgIpc) is 2.46. The van der Waals surface area contributed by atoms with Crippen molar-refractivity contribution < 1.29 is 4.74 Å². The maximum atomic E-state index is 5.13. The topological polar surface area (TPSA) is 47.0 Å². The molecule has 0 atom stereocenters. The van der Waals surface area contributed by atoms with Gasteiger partial charge in [0.05, 0.1) is 6.61 Å². The summed E-state index contributed by atoms with van der Waals surface area (Å²) in [7, 11) is 1.70. The zero-order chi connectivity index (χ0) is 13.5. The van der Waals surface area contributed by atoms with Gasteiger partial charge in [0, 0.05) is 19.7 Å². The lowest BCUT2D eigenvalue weighted by atomic mass is 10.1. The minimum atomic E-state index is 0.637. The van der Waals surface area contributed by atoms with E-state index in [0.717, 1.165) is 17.4 Å². The number of methoxy groups -OCH3 is 1. The molecular weight excluding hydrogens is 258 g/mol. The highest BCUT2D eigenvalue weighted by Crippen LogP contribution is 2.14. The number of nitrogens with one attached hydrogen (secondary N) is 1. The first-order valence-corrected chi connectivity index (χ1v) is 7.21. The van der Waals surface area contributed by atoms with Crippen molar-refractivity contribution in [1.29, 1.82) is 0 Å². The van der Waals surface area contributed by atoms with Crippen LogP contribution in [0.5, 0.6) is 0 Å². The number of benzene rings is 1. The van der Waals surface area contributed by atoms with Crippen LogP contribution in [0.2, 0.25) is 0 Å². The van der Waals surface area contributed by atoms with Crippen LogP contribution in [0.15, 0.2) is 41.7 Å². The lowest BCUT2D eigenvalue weighted by Crippen LogP contribution is -2.02. The normalized spacial score (nSPS) is 10.4. The van der Waals surface area contributed by atoms with Gasteiger partial charge in [-0.1, -0.05) is 24.3 Å². The maximum absolute atomic E-state index is 5.13. The summed E-state index contributed by atoms with van der Waals surface area (Å²) in [6.45, 7) is 1.38. The number of anilines is 1. The Morgan fingerprint density at radius 3 is 2.84 bits per heavy atom. The van der Waals surface area contributed by atoms with E-state index in [1.165, 1.54) is 11.1 Å². The van der Waals surface area contributed by atoms with Crippen LogP contribution < -0.4 is 5.32 Å². The lowest BCUT2D eigenvalue weighted by molar-refractivity contribution is 0.185. The third kappa shape index (κ3) is 4.22. The fourth-order valence-electron chi connectivity index (χ4n) is 1.74. The van der Waals surface area contributed by atoms with Gasteiger partial charge >= 0.3 is 0 Å². The minimum Gasteiger partial charge on any atom is -0.380 e. The molecule has 0 saturated carbocycles. The van der Waals surface area contributed by atoms with Gasteiger partial charge in [-0.3, -0.25) is 0 Å². The summed E-state index contributed by atoms with van der Waals surface area (Å²) in [5.41, 5.74) is 2.38. The van der Waals surface area contributed by atoms with Crippen LogP contribution in [-0.2, 0) is 17.9 Å². The van der Waals surface area contributed by atoms with E-state index < -0.39 is 0 Å². The van der Waals surface area contributed by atoms with Crippen molar-refractivity contribution in [3.05, 3.63) is 47.8 Å². The molecule has 0 aliphatic carbocycles. The van der Waals surface area contributed by atoms with Gasteiger partial charge in [-0.2, -0.15) is 0 Å². The molecule has 0 spiro atoms. The summed E-state index contributed by atoms with van der Waals surface area (Å²) in [5, 5.41) is 4.26. The molecule has 0 amide bonds. The molecule has 1 aromatic heterocycles.